The zero-order chi connectivity index (χ0) is 16.4. The first kappa shape index (κ1) is 14.8. The molecule has 3 heterocycles. The summed E-state index contributed by atoms with van der Waals surface area (Å²) in [4.78, 5) is 22.1. The largest absolute Gasteiger partial charge is 0.307 e. The van der Waals surface area contributed by atoms with Crippen molar-refractivity contribution < 1.29 is 0 Å². The maximum atomic E-state index is 12.2. The minimum Gasteiger partial charge on any atom is -0.307 e. The fraction of sp³-hybridized carbons (Fsp3) is 0.118. The van der Waals surface area contributed by atoms with Crippen molar-refractivity contribution in [2.75, 3.05) is 0 Å². The zero-order valence-electron chi connectivity index (χ0n) is 12.8. The van der Waals surface area contributed by atoms with Gasteiger partial charge in [0.1, 0.15) is 0 Å². The Hall–Kier alpha value is -2.77. The van der Waals surface area contributed by atoms with Crippen molar-refractivity contribution in [2.45, 2.75) is 13.1 Å². The number of thiophene rings is 1. The number of fused-ring (bicyclic) bond motifs is 1. The van der Waals surface area contributed by atoms with Gasteiger partial charge in [-0.15, -0.1) is 11.3 Å². The second-order valence-corrected chi connectivity index (χ2v) is 6.31. The normalized spacial score (nSPS) is 11.2. The second kappa shape index (κ2) is 6.38. The van der Waals surface area contributed by atoms with Crippen LogP contribution >= 0.6 is 11.3 Å². The molecule has 0 aliphatic heterocycles. The van der Waals surface area contributed by atoms with Gasteiger partial charge in [-0.3, -0.25) is 9.89 Å². The molecule has 0 radical (unpaired) electrons. The van der Waals surface area contributed by atoms with Crippen molar-refractivity contribution >= 4 is 17.1 Å². The molecule has 3 aromatic heterocycles. The van der Waals surface area contributed by atoms with E-state index in [1.807, 2.05) is 35.7 Å². The molecule has 0 saturated carbocycles. The van der Waals surface area contributed by atoms with Gasteiger partial charge in [0.2, 0.25) is 0 Å². The molecule has 6 nitrogen and oxygen atoms in total. The van der Waals surface area contributed by atoms with Crippen LogP contribution in [0.4, 0.5) is 0 Å². The summed E-state index contributed by atoms with van der Waals surface area (Å²) in [6.45, 7) is 1.24. The molecule has 120 valence electrons. The molecular formula is C17H15N5OS. The standard InChI is InChI=1S/C17H15N5OS/c23-15-9-13(11-18-10-12-5-2-1-3-6-12)19-17-20-16(21-22(15)17)14-7-4-8-24-14/h1-9,18H,10-11H2,(H,19,20,21). The number of aromatic nitrogens is 4. The van der Waals surface area contributed by atoms with E-state index in [2.05, 4.69) is 32.5 Å². The lowest BCUT2D eigenvalue weighted by Gasteiger charge is -2.04. The first-order chi connectivity index (χ1) is 11.8. The van der Waals surface area contributed by atoms with Crippen molar-refractivity contribution in [1.82, 2.24) is 24.9 Å². The van der Waals surface area contributed by atoms with Crippen LogP contribution in [0.15, 0.2) is 58.7 Å². The maximum Gasteiger partial charge on any atom is 0.274 e. The first-order valence-corrected chi connectivity index (χ1v) is 8.45. The van der Waals surface area contributed by atoms with E-state index in [4.69, 9.17) is 0 Å². The van der Waals surface area contributed by atoms with E-state index in [0.29, 0.717) is 23.8 Å². The topological polar surface area (TPSA) is 75.1 Å². The average Bonchev–Trinajstić information content (AvgIpc) is 3.25. The van der Waals surface area contributed by atoms with Gasteiger partial charge in [0.15, 0.2) is 5.82 Å². The van der Waals surface area contributed by atoms with Crippen LogP contribution in [-0.4, -0.2) is 19.6 Å². The van der Waals surface area contributed by atoms with E-state index in [-0.39, 0.29) is 5.56 Å². The molecule has 0 aliphatic rings. The summed E-state index contributed by atoms with van der Waals surface area (Å²) < 4.78 is 1.37. The van der Waals surface area contributed by atoms with Crippen LogP contribution in [0.3, 0.4) is 0 Å². The molecule has 0 saturated heterocycles. The van der Waals surface area contributed by atoms with Gasteiger partial charge in [-0.25, -0.2) is 4.98 Å². The lowest BCUT2D eigenvalue weighted by atomic mass is 10.2. The van der Waals surface area contributed by atoms with E-state index in [1.165, 1.54) is 16.1 Å². The molecule has 4 rings (SSSR count). The van der Waals surface area contributed by atoms with Crippen LogP contribution < -0.4 is 10.9 Å². The lowest BCUT2D eigenvalue weighted by Crippen LogP contribution is -2.20. The van der Waals surface area contributed by atoms with E-state index < -0.39 is 0 Å². The monoisotopic (exact) mass is 337 g/mol. The lowest BCUT2D eigenvalue weighted by molar-refractivity contribution is 0.676. The van der Waals surface area contributed by atoms with Crippen molar-refractivity contribution in [3.05, 3.63) is 75.5 Å². The molecule has 0 amide bonds. The van der Waals surface area contributed by atoms with Gasteiger partial charge in [0, 0.05) is 19.2 Å². The Labute approximate surface area is 141 Å². The number of H-pyrrole nitrogens is 1. The van der Waals surface area contributed by atoms with Crippen LogP contribution in [0.2, 0.25) is 0 Å². The Kier molecular flexibility index (Phi) is 3.94. The molecule has 0 bridgehead atoms. The highest BCUT2D eigenvalue weighted by Crippen LogP contribution is 2.20. The summed E-state index contributed by atoms with van der Waals surface area (Å²) in [7, 11) is 0. The van der Waals surface area contributed by atoms with Crippen LogP contribution in [0.5, 0.6) is 0 Å². The van der Waals surface area contributed by atoms with E-state index in [1.54, 1.807) is 11.3 Å². The quantitative estimate of drug-likeness (QED) is 0.586. The number of aromatic amines is 1. The first-order valence-electron chi connectivity index (χ1n) is 7.57. The molecule has 2 N–H and O–H groups in total. The van der Waals surface area contributed by atoms with Gasteiger partial charge >= 0.3 is 0 Å². The smallest absolute Gasteiger partial charge is 0.274 e. The fourth-order valence-electron chi connectivity index (χ4n) is 2.47. The number of hydrogen-bond acceptors (Lipinski definition) is 5. The summed E-state index contributed by atoms with van der Waals surface area (Å²) in [5, 5.41) is 8.26. The molecule has 24 heavy (non-hydrogen) atoms. The third-order valence-electron chi connectivity index (χ3n) is 3.62. The summed E-state index contributed by atoms with van der Waals surface area (Å²) >= 11 is 1.56. The highest BCUT2D eigenvalue weighted by atomic mass is 32.1. The van der Waals surface area contributed by atoms with Crippen molar-refractivity contribution in [2.24, 2.45) is 0 Å². The van der Waals surface area contributed by atoms with Gasteiger partial charge in [0.05, 0.1) is 10.6 Å². The molecule has 0 atom stereocenters. The number of rotatable bonds is 5. The predicted octanol–water partition coefficient (Wildman–Crippen LogP) is 2.44. The minimum absolute atomic E-state index is 0.160. The van der Waals surface area contributed by atoms with Gasteiger partial charge in [-0.2, -0.15) is 9.50 Å². The van der Waals surface area contributed by atoms with Gasteiger partial charge in [-0.05, 0) is 17.0 Å². The van der Waals surface area contributed by atoms with Crippen LogP contribution in [0, 0.1) is 0 Å². The second-order valence-electron chi connectivity index (χ2n) is 5.36. The van der Waals surface area contributed by atoms with Crippen LogP contribution in [0.1, 0.15) is 11.3 Å². The Morgan fingerprint density at radius 1 is 1.08 bits per heavy atom. The number of nitrogens with zero attached hydrogens (tertiary/aromatic N) is 3. The Morgan fingerprint density at radius 2 is 1.96 bits per heavy atom. The summed E-state index contributed by atoms with van der Waals surface area (Å²) in [5.41, 5.74) is 1.71. The summed E-state index contributed by atoms with van der Waals surface area (Å²) in [5.74, 6) is 1.05. The maximum absolute atomic E-state index is 12.2. The van der Waals surface area contributed by atoms with Crippen LogP contribution in [0.25, 0.3) is 16.5 Å². The molecule has 0 spiro atoms. The number of hydrogen-bond donors (Lipinski definition) is 2. The minimum atomic E-state index is -0.160. The highest BCUT2D eigenvalue weighted by molar-refractivity contribution is 7.13. The number of benzene rings is 1. The van der Waals surface area contributed by atoms with Crippen molar-refractivity contribution in [1.29, 1.82) is 0 Å². The molecule has 0 unspecified atom stereocenters. The van der Waals surface area contributed by atoms with E-state index >= 15 is 0 Å². The third-order valence-corrected chi connectivity index (χ3v) is 4.49. The molecule has 0 aliphatic carbocycles. The third kappa shape index (κ3) is 2.99. The Morgan fingerprint density at radius 3 is 2.75 bits per heavy atom. The predicted molar refractivity (Wildman–Crippen MR) is 93.9 cm³/mol. The fourth-order valence-corrected chi connectivity index (χ4v) is 3.14. The average molecular weight is 337 g/mol. The summed E-state index contributed by atoms with van der Waals surface area (Å²) in [6, 6.07) is 15.5. The van der Waals surface area contributed by atoms with Gasteiger partial charge in [0.25, 0.3) is 11.3 Å². The Balaban J connectivity index is 1.55. The van der Waals surface area contributed by atoms with Crippen LogP contribution in [-0.2, 0) is 13.1 Å². The molecule has 7 heteroatoms. The SMILES string of the molecule is O=c1cc(CNCc2ccccc2)nc2nc(-c3cccs3)[nH]n12. The number of nitrogens with one attached hydrogen (secondary N) is 2. The van der Waals surface area contributed by atoms with E-state index in [9.17, 15) is 4.79 Å². The van der Waals surface area contributed by atoms with Gasteiger partial charge < -0.3 is 5.32 Å². The highest BCUT2D eigenvalue weighted by Gasteiger charge is 2.10. The zero-order valence-corrected chi connectivity index (χ0v) is 13.6. The molecular weight excluding hydrogens is 322 g/mol. The Bertz CT molecular complexity index is 1000. The molecule has 1 aromatic carbocycles. The summed E-state index contributed by atoms with van der Waals surface area (Å²) in [6.07, 6.45) is 0. The van der Waals surface area contributed by atoms with Gasteiger partial charge in [-0.1, -0.05) is 36.4 Å². The van der Waals surface area contributed by atoms with E-state index in [0.717, 1.165) is 11.4 Å². The molecule has 4 aromatic rings. The van der Waals surface area contributed by atoms with Crippen molar-refractivity contribution in [3.63, 3.8) is 0 Å². The van der Waals surface area contributed by atoms with Crippen molar-refractivity contribution in [3.8, 4) is 10.7 Å². The molecule has 0 fully saturated rings.